The third-order valence-corrected chi connectivity index (χ3v) is 3.82. The Morgan fingerprint density at radius 1 is 0.952 bits per heavy atom. The van der Waals surface area contributed by atoms with Crippen molar-refractivity contribution >= 4 is 16.7 Å². The van der Waals surface area contributed by atoms with Crippen molar-refractivity contribution < 1.29 is 0 Å². The van der Waals surface area contributed by atoms with Crippen LogP contribution >= 0.6 is 0 Å². The zero-order valence-electron chi connectivity index (χ0n) is 12.1. The van der Waals surface area contributed by atoms with Gasteiger partial charge in [-0.3, -0.25) is 0 Å². The minimum Gasteiger partial charge on any atom is -0.360 e. The number of rotatable bonds is 4. The number of hydrogen-bond donors (Lipinski definition) is 2. The van der Waals surface area contributed by atoms with Crippen molar-refractivity contribution in [1.82, 2.24) is 4.98 Å². The number of nitrogens with zero attached hydrogens (tertiary/aromatic N) is 1. The van der Waals surface area contributed by atoms with E-state index < -0.39 is 0 Å². The maximum absolute atomic E-state index is 6.01. The van der Waals surface area contributed by atoms with Gasteiger partial charge in [-0.2, -0.15) is 0 Å². The predicted molar refractivity (Wildman–Crippen MR) is 88.2 cm³/mol. The summed E-state index contributed by atoms with van der Waals surface area (Å²) < 4.78 is 0. The van der Waals surface area contributed by atoms with Crippen LogP contribution in [0, 0.1) is 0 Å². The molecular formula is C18H19N3. The van der Waals surface area contributed by atoms with Gasteiger partial charge < -0.3 is 11.1 Å². The van der Waals surface area contributed by atoms with E-state index in [-0.39, 0.29) is 5.54 Å². The van der Waals surface area contributed by atoms with Gasteiger partial charge in [-0.15, -0.1) is 0 Å². The highest BCUT2D eigenvalue weighted by Gasteiger charge is 2.24. The van der Waals surface area contributed by atoms with Crippen LogP contribution < -0.4 is 11.1 Å². The molecular weight excluding hydrogens is 258 g/mol. The van der Waals surface area contributed by atoms with Crippen molar-refractivity contribution in [2.45, 2.75) is 12.5 Å². The maximum atomic E-state index is 6.01. The van der Waals surface area contributed by atoms with Crippen LogP contribution in [0.15, 0.2) is 66.7 Å². The number of aromatic nitrogens is 1. The number of anilines is 1. The standard InChI is InChI=1S/C18H19N3/c1-18(13-19,15-8-3-2-4-9-15)21-17-12-11-14-7-5-6-10-16(14)20-17/h2-12H,13,19H2,1H3,(H,20,21). The average Bonchev–Trinajstić information content (AvgIpc) is 2.55. The lowest BCUT2D eigenvalue weighted by Crippen LogP contribution is -2.39. The van der Waals surface area contributed by atoms with Gasteiger partial charge in [-0.05, 0) is 30.7 Å². The lowest BCUT2D eigenvalue weighted by atomic mass is 9.92. The second-order valence-corrected chi connectivity index (χ2v) is 5.42. The molecule has 0 saturated carbocycles. The van der Waals surface area contributed by atoms with Crippen molar-refractivity contribution in [3.63, 3.8) is 0 Å². The zero-order chi connectivity index (χ0) is 14.7. The van der Waals surface area contributed by atoms with E-state index in [1.807, 2.05) is 42.5 Å². The first-order chi connectivity index (χ1) is 10.2. The van der Waals surface area contributed by atoms with Gasteiger partial charge >= 0.3 is 0 Å². The summed E-state index contributed by atoms with van der Waals surface area (Å²) in [7, 11) is 0. The zero-order valence-corrected chi connectivity index (χ0v) is 12.1. The summed E-state index contributed by atoms with van der Waals surface area (Å²) in [6, 6.07) is 22.4. The van der Waals surface area contributed by atoms with Gasteiger partial charge in [0.1, 0.15) is 5.82 Å². The van der Waals surface area contributed by atoms with Crippen LogP contribution in [0.2, 0.25) is 0 Å². The van der Waals surface area contributed by atoms with Crippen LogP contribution in [-0.4, -0.2) is 11.5 Å². The summed E-state index contributed by atoms with van der Waals surface area (Å²) in [6.07, 6.45) is 0. The van der Waals surface area contributed by atoms with Gasteiger partial charge in [0.25, 0.3) is 0 Å². The van der Waals surface area contributed by atoms with E-state index >= 15 is 0 Å². The Bertz CT molecular complexity index is 740. The Balaban J connectivity index is 1.95. The molecule has 0 aliphatic heterocycles. The van der Waals surface area contributed by atoms with E-state index in [0.717, 1.165) is 22.3 Å². The van der Waals surface area contributed by atoms with Crippen LogP contribution in [0.4, 0.5) is 5.82 Å². The van der Waals surface area contributed by atoms with Crippen molar-refractivity contribution in [2.24, 2.45) is 5.73 Å². The second-order valence-electron chi connectivity index (χ2n) is 5.42. The fraction of sp³-hybridized carbons (Fsp3) is 0.167. The maximum Gasteiger partial charge on any atom is 0.127 e. The Labute approximate surface area is 124 Å². The van der Waals surface area contributed by atoms with E-state index in [2.05, 4.69) is 41.5 Å². The monoisotopic (exact) mass is 277 g/mol. The molecule has 1 atom stereocenters. The van der Waals surface area contributed by atoms with Gasteiger partial charge in [0.05, 0.1) is 11.1 Å². The lowest BCUT2D eigenvalue weighted by molar-refractivity contribution is 0.554. The Kier molecular flexibility index (Phi) is 3.59. The third-order valence-electron chi connectivity index (χ3n) is 3.82. The van der Waals surface area contributed by atoms with Crippen LogP contribution in [0.25, 0.3) is 10.9 Å². The molecule has 3 heteroatoms. The normalized spacial score (nSPS) is 13.8. The minimum atomic E-state index is -0.337. The molecule has 3 aromatic rings. The van der Waals surface area contributed by atoms with Crippen molar-refractivity contribution in [2.75, 3.05) is 11.9 Å². The number of hydrogen-bond acceptors (Lipinski definition) is 3. The van der Waals surface area contributed by atoms with Crippen molar-refractivity contribution in [3.05, 3.63) is 72.3 Å². The number of nitrogens with one attached hydrogen (secondary N) is 1. The summed E-state index contributed by atoms with van der Waals surface area (Å²) in [5.41, 5.74) is 7.81. The van der Waals surface area contributed by atoms with Crippen molar-refractivity contribution in [1.29, 1.82) is 0 Å². The minimum absolute atomic E-state index is 0.337. The number of nitrogens with two attached hydrogens (primary N) is 1. The van der Waals surface area contributed by atoms with Gasteiger partial charge in [0, 0.05) is 11.9 Å². The molecule has 0 spiro atoms. The van der Waals surface area contributed by atoms with E-state index in [4.69, 9.17) is 5.73 Å². The highest BCUT2D eigenvalue weighted by atomic mass is 15.1. The van der Waals surface area contributed by atoms with E-state index in [1.165, 1.54) is 0 Å². The first-order valence-electron chi connectivity index (χ1n) is 7.11. The molecule has 1 aromatic heterocycles. The summed E-state index contributed by atoms with van der Waals surface area (Å²) in [5.74, 6) is 0.838. The SMILES string of the molecule is CC(CN)(Nc1ccc2ccccc2n1)c1ccccc1. The summed E-state index contributed by atoms with van der Waals surface area (Å²) in [6.45, 7) is 2.59. The van der Waals surface area contributed by atoms with E-state index in [1.54, 1.807) is 0 Å². The molecule has 3 nitrogen and oxygen atoms in total. The fourth-order valence-electron chi connectivity index (χ4n) is 2.47. The predicted octanol–water partition coefficient (Wildman–Crippen LogP) is 3.52. The molecule has 1 heterocycles. The molecule has 0 bridgehead atoms. The molecule has 0 aliphatic carbocycles. The molecule has 3 N–H and O–H groups in total. The van der Waals surface area contributed by atoms with Crippen LogP contribution in [0.5, 0.6) is 0 Å². The molecule has 0 radical (unpaired) electrons. The Hall–Kier alpha value is -2.39. The molecule has 3 rings (SSSR count). The molecule has 1 unspecified atom stereocenters. The highest BCUT2D eigenvalue weighted by molar-refractivity contribution is 5.80. The average molecular weight is 277 g/mol. The number of para-hydroxylation sites is 1. The fourth-order valence-corrected chi connectivity index (χ4v) is 2.47. The first-order valence-corrected chi connectivity index (χ1v) is 7.11. The summed E-state index contributed by atoms with van der Waals surface area (Å²) in [5, 5.41) is 4.61. The van der Waals surface area contributed by atoms with Gasteiger partial charge in [0.15, 0.2) is 0 Å². The number of pyridine rings is 1. The van der Waals surface area contributed by atoms with Gasteiger partial charge in [0.2, 0.25) is 0 Å². The first kappa shape index (κ1) is 13.6. The number of benzene rings is 2. The Morgan fingerprint density at radius 3 is 2.43 bits per heavy atom. The molecule has 0 fully saturated rings. The van der Waals surface area contributed by atoms with Crippen molar-refractivity contribution in [3.8, 4) is 0 Å². The quantitative estimate of drug-likeness (QED) is 0.767. The number of fused-ring (bicyclic) bond motifs is 1. The topological polar surface area (TPSA) is 50.9 Å². The van der Waals surface area contributed by atoms with E-state index in [9.17, 15) is 0 Å². The molecule has 21 heavy (non-hydrogen) atoms. The van der Waals surface area contributed by atoms with Crippen LogP contribution in [0.1, 0.15) is 12.5 Å². The molecule has 0 saturated heterocycles. The Morgan fingerprint density at radius 2 is 1.67 bits per heavy atom. The van der Waals surface area contributed by atoms with Gasteiger partial charge in [-0.1, -0.05) is 48.5 Å². The second kappa shape index (κ2) is 5.54. The summed E-state index contributed by atoms with van der Waals surface area (Å²) in [4.78, 5) is 4.67. The molecule has 106 valence electrons. The largest absolute Gasteiger partial charge is 0.360 e. The molecule has 2 aromatic carbocycles. The molecule has 0 amide bonds. The van der Waals surface area contributed by atoms with Crippen LogP contribution in [-0.2, 0) is 5.54 Å². The lowest BCUT2D eigenvalue weighted by Gasteiger charge is -2.30. The van der Waals surface area contributed by atoms with E-state index in [0.29, 0.717) is 6.54 Å². The summed E-state index contributed by atoms with van der Waals surface area (Å²) >= 11 is 0. The van der Waals surface area contributed by atoms with Gasteiger partial charge in [-0.25, -0.2) is 4.98 Å². The smallest absolute Gasteiger partial charge is 0.127 e. The third kappa shape index (κ3) is 2.73. The van der Waals surface area contributed by atoms with Crippen LogP contribution in [0.3, 0.4) is 0 Å². The molecule has 0 aliphatic rings. The highest BCUT2D eigenvalue weighted by Crippen LogP contribution is 2.25.